The summed E-state index contributed by atoms with van der Waals surface area (Å²) in [7, 11) is -2.50. The van der Waals surface area contributed by atoms with Gasteiger partial charge in [0.25, 0.3) is 15.9 Å². The van der Waals surface area contributed by atoms with E-state index in [1.807, 2.05) is 0 Å². The van der Waals surface area contributed by atoms with Gasteiger partial charge in [0.15, 0.2) is 19.0 Å². The van der Waals surface area contributed by atoms with Gasteiger partial charge in [-0.3, -0.25) is 14.3 Å². The van der Waals surface area contributed by atoms with Crippen LogP contribution in [0.1, 0.15) is 26.3 Å². The number of aryl methyl sites for hydroxylation is 1. The van der Waals surface area contributed by atoms with Gasteiger partial charge in [-0.15, -0.1) is 0 Å². The van der Waals surface area contributed by atoms with Gasteiger partial charge < -0.3 is 19.5 Å². The van der Waals surface area contributed by atoms with E-state index in [1.165, 1.54) is 43.5 Å². The molecule has 1 aliphatic heterocycles. The van der Waals surface area contributed by atoms with Crippen molar-refractivity contribution in [3.05, 3.63) is 77.4 Å². The number of rotatable bonds is 8. The van der Waals surface area contributed by atoms with Crippen LogP contribution in [0.3, 0.4) is 0 Å². The fraction of sp³-hybridized carbons (Fsp3) is 0.160. The molecule has 0 aliphatic carbocycles. The lowest BCUT2D eigenvalue weighted by atomic mass is 10.1. The van der Waals surface area contributed by atoms with Gasteiger partial charge in [-0.2, -0.15) is 0 Å². The molecule has 0 fully saturated rings. The van der Waals surface area contributed by atoms with Crippen LogP contribution in [0.4, 0.5) is 11.4 Å². The van der Waals surface area contributed by atoms with E-state index in [0.29, 0.717) is 28.4 Å². The minimum Gasteiger partial charge on any atom is -0.497 e. The van der Waals surface area contributed by atoms with E-state index < -0.39 is 28.4 Å². The maximum atomic E-state index is 12.8. The van der Waals surface area contributed by atoms with Crippen LogP contribution < -0.4 is 19.5 Å². The van der Waals surface area contributed by atoms with Crippen molar-refractivity contribution in [1.29, 1.82) is 0 Å². The summed E-state index contributed by atoms with van der Waals surface area (Å²) in [6.45, 7) is 0.937. The quantitative estimate of drug-likeness (QED) is 0.348. The molecular weight excluding hydrogens is 488 g/mol. The molecule has 10 nitrogen and oxygen atoms in total. The van der Waals surface area contributed by atoms with Crippen LogP contribution in [0.25, 0.3) is 0 Å². The molecule has 3 aromatic carbocycles. The van der Waals surface area contributed by atoms with Crippen molar-refractivity contribution < 1.29 is 37.0 Å². The third-order valence-corrected chi connectivity index (χ3v) is 6.73. The molecule has 4 rings (SSSR count). The third-order valence-electron chi connectivity index (χ3n) is 5.35. The Labute approximate surface area is 207 Å². The molecule has 11 heteroatoms. The van der Waals surface area contributed by atoms with Crippen molar-refractivity contribution >= 4 is 39.1 Å². The lowest BCUT2D eigenvalue weighted by molar-refractivity contribution is -0.118. The highest BCUT2D eigenvalue weighted by Crippen LogP contribution is 2.28. The summed E-state index contributed by atoms with van der Waals surface area (Å²) in [5.74, 6) is -0.697. The number of hydrogen-bond donors (Lipinski definition) is 2. The summed E-state index contributed by atoms with van der Waals surface area (Å²) in [5.41, 5.74) is 1.36. The Balaban J connectivity index is 1.45. The maximum absolute atomic E-state index is 12.8. The first kappa shape index (κ1) is 24.7. The Morgan fingerprint density at radius 1 is 1.06 bits per heavy atom. The number of hydrogen-bond acceptors (Lipinski definition) is 8. The van der Waals surface area contributed by atoms with E-state index in [1.54, 1.807) is 31.2 Å². The average Bonchev–Trinajstić information content (AvgIpc) is 2.87. The number of benzene rings is 3. The Hall–Kier alpha value is -4.38. The Kier molecular flexibility index (Phi) is 6.93. The van der Waals surface area contributed by atoms with Gasteiger partial charge in [0.1, 0.15) is 11.5 Å². The van der Waals surface area contributed by atoms with Gasteiger partial charge in [0.2, 0.25) is 0 Å². The number of Topliss-reactive ketones (excluding diaryl/α,β-unsaturated/α-hetero) is 1. The fourth-order valence-corrected chi connectivity index (χ4v) is 4.49. The van der Waals surface area contributed by atoms with Crippen LogP contribution in [-0.2, 0) is 19.6 Å². The fourth-order valence-electron chi connectivity index (χ4n) is 3.41. The van der Waals surface area contributed by atoms with E-state index in [2.05, 4.69) is 10.0 Å². The number of fused-ring (bicyclic) bond motifs is 1. The highest BCUT2D eigenvalue weighted by Gasteiger charge is 2.21. The monoisotopic (exact) mass is 510 g/mol. The largest absolute Gasteiger partial charge is 0.497 e. The van der Waals surface area contributed by atoms with Gasteiger partial charge in [-0.05, 0) is 67.1 Å². The topological polar surface area (TPSA) is 137 Å². The predicted octanol–water partition coefficient (Wildman–Crippen LogP) is 3.18. The number of amides is 1. The Morgan fingerprint density at radius 2 is 1.81 bits per heavy atom. The highest BCUT2D eigenvalue weighted by atomic mass is 32.2. The number of nitrogens with one attached hydrogen (secondary N) is 2. The van der Waals surface area contributed by atoms with E-state index in [-0.39, 0.29) is 28.5 Å². The number of carbonyl (C=O) groups excluding carboxylic acids is 3. The van der Waals surface area contributed by atoms with Gasteiger partial charge >= 0.3 is 5.97 Å². The number of ketones is 1. The van der Waals surface area contributed by atoms with Crippen LogP contribution in [0.15, 0.2) is 65.6 Å². The van der Waals surface area contributed by atoms with Crippen molar-refractivity contribution in [2.24, 2.45) is 0 Å². The zero-order valence-corrected chi connectivity index (χ0v) is 20.2. The number of ether oxygens (including phenoxy) is 3. The van der Waals surface area contributed by atoms with Crippen LogP contribution in [0.5, 0.6) is 11.5 Å². The molecule has 0 saturated carbocycles. The van der Waals surface area contributed by atoms with Crippen molar-refractivity contribution in [3.8, 4) is 11.5 Å². The molecule has 0 bridgehead atoms. The maximum Gasteiger partial charge on any atom is 0.338 e. The molecule has 1 amide bonds. The van der Waals surface area contributed by atoms with Crippen LogP contribution >= 0.6 is 0 Å². The predicted molar refractivity (Wildman–Crippen MR) is 130 cm³/mol. The molecule has 186 valence electrons. The molecule has 36 heavy (non-hydrogen) atoms. The molecule has 2 N–H and O–H groups in total. The highest BCUT2D eigenvalue weighted by molar-refractivity contribution is 7.92. The number of carbonyl (C=O) groups is 3. The summed E-state index contributed by atoms with van der Waals surface area (Å²) < 4.78 is 43.6. The minimum absolute atomic E-state index is 0.00603. The summed E-state index contributed by atoms with van der Waals surface area (Å²) in [6.07, 6.45) is 0. The molecule has 3 aromatic rings. The second-order valence-electron chi connectivity index (χ2n) is 7.86. The second kappa shape index (κ2) is 10.1. The molecule has 1 heterocycles. The minimum atomic E-state index is -4.01. The van der Waals surface area contributed by atoms with E-state index in [4.69, 9.17) is 14.2 Å². The zero-order valence-electron chi connectivity index (χ0n) is 19.4. The molecule has 0 aromatic heterocycles. The smallest absolute Gasteiger partial charge is 0.338 e. The van der Waals surface area contributed by atoms with Crippen LogP contribution in [0.2, 0.25) is 0 Å². The normalized spacial score (nSPS) is 12.6. The number of anilines is 2. The first-order valence-corrected chi connectivity index (χ1v) is 12.2. The van der Waals surface area contributed by atoms with Crippen molar-refractivity contribution in [2.75, 3.05) is 30.4 Å². The SMILES string of the molecule is COc1ccc(NS(=O)(=O)c2ccc(C)c(C(=O)OCC(=O)c3ccc4c(c3)NC(=O)CO4)c2)cc1. The lowest BCUT2D eigenvalue weighted by Crippen LogP contribution is -2.25. The summed E-state index contributed by atoms with van der Waals surface area (Å²) in [5, 5.41) is 2.60. The lowest BCUT2D eigenvalue weighted by Gasteiger charge is -2.18. The summed E-state index contributed by atoms with van der Waals surface area (Å²) in [6, 6.07) is 14.8. The zero-order chi connectivity index (χ0) is 25.9. The van der Waals surface area contributed by atoms with Gasteiger partial charge in [0, 0.05) is 11.3 Å². The summed E-state index contributed by atoms with van der Waals surface area (Å²) >= 11 is 0. The van der Waals surface area contributed by atoms with Gasteiger partial charge in [-0.25, -0.2) is 13.2 Å². The number of methoxy groups -OCH3 is 1. The van der Waals surface area contributed by atoms with Crippen molar-refractivity contribution in [1.82, 2.24) is 0 Å². The van der Waals surface area contributed by atoms with Gasteiger partial charge in [-0.1, -0.05) is 6.07 Å². The number of esters is 1. The van der Waals surface area contributed by atoms with Crippen molar-refractivity contribution in [3.63, 3.8) is 0 Å². The molecular formula is C25H22N2O8S. The van der Waals surface area contributed by atoms with E-state index in [0.717, 1.165) is 0 Å². The number of sulfonamides is 1. The van der Waals surface area contributed by atoms with Crippen LogP contribution in [-0.4, -0.2) is 46.4 Å². The van der Waals surface area contributed by atoms with E-state index >= 15 is 0 Å². The Bertz CT molecular complexity index is 1450. The molecule has 0 radical (unpaired) electrons. The first-order chi connectivity index (χ1) is 17.2. The van der Waals surface area contributed by atoms with Crippen molar-refractivity contribution in [2.45, 2.75) is 11.8 Å². The molecule has 0 unspecified atom stereocenters. The average molecular weight is 511 g/mol. The van der Waals surface area contributed by atoms with E-state index in [9.17, 15) is 22.8 Å². The molecule has 1 aliphatic rings. The third kappa shape index (κ3) is 5.47. The molecule has 0 atom stereocenters. The molecule has 0 spiro atoms. The van der Waals surface area contributed by atoms with Gasteiger partial charge in [0.05, 0.1) is 23.3 Å². The molecule has 0 saturated heterocycles. The Morgan fingerprint density at radius 3 is 2.53 bits per heavy atom. The second-order valence-corrected chi connectivity index (χ2v) is 9.54. The summed E-state index contributed by atoms with van der Waals surface area (Å²) in [4.78, 5) is 36.6. The van der Waals surface area contributed by atoms with Crippen LogP contribution in [0, 0.1) is 6.92 Å². The first-order valence-electron chi connectivity index (χ1n) is 10.7. The standard InChI is InChI=1S/C25H22N2O8S/c1-15-3-9-19(36(31,32)27-17-5-7-18(33-2)8-6-17)12-20(15)25(30)35-13-22(28)16-4-10-23-21(11-16)26-24(29)14-34-23/h3-12,27H,13-14H2,1-2H3,(H,26,29).